The van der Waals surface area contributed by atoms with E-state index in [2.05, 4.69) is 4.74 Å². The van der Waals surface area contributed by atoms with Gasteiger partial charge in [-0.3, -0.25) is 9.59 Å². The summed E-state index contributed by atoms with van der Waals surface area (Å²) in [4.78, 5) is 40.3. The second-order valence-electron chi connectivity index (χ2n) is 6.49. The third kappa shape index (κ3) is 4.19. The zero-order chi connectivity index (χ0) is 20.1. The van der Waals surface area contributed by atoms with Crippen molar-refractivity contribution in [3.63, 3.8) is 0 Å². The first-order valence-corrected chi connectivity index (χ1v) is 9.02. The number of amides is 2. The Labute approximate surface area is 162 Å². The maximum absolute atomic E-state index is 13.9. The van der Waals surface area contributed by atoms with Crippen LogP contribution >= 0.6 is 0 Å². The molecule has 1 heterocycles. The molecule has 0 spiro atoms. The number of carbonyl (C=O) groups excluding carboxylic acids is 3. The van der Waals surface area contributed by atoms with Gasteiger partial charge in [-0.1, -0.05) is 18.2 Å². The maximum atomic E-state index is 13.9. The summed E-state index contributed by atoms with van der Waals surface area (Å²) in [5.41, 5.74) is 0.726. The van der Waals surface area contributed by atoms with E-state index in [1.165, 1.54) is 31.4 Å². The molecule has 0 radical (unpaired) electrons. The van der Waals surface area contributed by atoms with E-state index >= 15 is 0 Å². The van der Waals surface area contributed by atoms with Gasteiger partial charge in [-0.15, -0.1) is 0 Å². The zero-order valence-electron chi connectivity index (χ0n) is 15.6. The van der Waals surface area contributed by atoms with Crippen molar-refractivity contribution in [2.75, 3.05) is 33.3 Å². The lowest BCUT2D eigenvalue weighted by molar-refractivity contribution is 0.0600. The molecule has 3 rings (SSSR count). The molecule has 6 nitrogen and oxygen atoms in total. The largest absolute Gasteiger partial charge is 0.465 e. The average molecular weight is 384 g/mol. The summed E-state index contributed by atoms with van der Waals surface area (Å²) in [7, 11) is 1.28. The molecule has 0 unspecified atom stereocenters. The van der Waals surface area contributed by atoms with Crippen LogP contribution in [-0.4, -0.2) is 60.9 Å². The van der Waals surface area contributed by atoms with Gasteiger partial charge in [-0.2, -0.15) is 0 Å². The van der Waals surface area contributed by atoms with E-state index < -0.39 is 11.8 Å². The summed E-state index contributed by atoms with van der Waals surface area (Å²) in [6, 6.07) is 12.2. The van der Waals surface area contributed by atoms with Crippen molar-refractivity contribution in [1.82, 2.24) is 9.80 Å². The quantitative estimate of drug-likeness (QED) is 0.763. The second-order valence-corrected chi connectivity index (χ2v) is 6.49. The van der Waals surface area contributed by atoms with Crippen LogP contribution in [-0.2, 0) is 4.74 Å². The minimum Gasteiger partial charge on any atom is -0.465 e. The Morgan fingerprint density at radius 2 is 1.50 bits per heavy atom. The Morgan fingerprint density at radius 3 is 2.18 bits per heavy atom. The number of hydrogen-bond donors (Lipinski definition) is 0. The number of halogens is 1. The molecule has 0 saturated carbocycles. The van der Waals surface area contributed by atoms with E-state index in [9.17, 15) is 18.8 Å². The van der Waals surface area contributed by atoms with Crippen LogP contribution in [0.4, 0.5) is 4.39 Å². The predicted octanol–water partition coefficient (Wildman–Crippen LogP) is 2.60. The van der Waals surface area contributed by atoms with Crippen molar-refractivity contribution in [2.24, 2.45) is 0 Å². The molecule has 0 aromatic heterocycles. The maximum Gasteiger partial charge on any atom is 0.337 e. The number of ether oxygens (including phenoxy) is 1. The normalized spacial score (nSPS) is 14.4. The summed E-state index contributed by atoms with van der Waals surface area (Å²) >= 11 is 0. The lowest BCUT2D eigenvalue weighted by Crippen LogP contribution is -2.37. The highest BCUT2D eigenvalue weighted by atomic mass is 19.1. The van der Waals surface area contributed by atoms with Crippen molar-refractivity contribution in [2.45, 2.75) is 6.42 Å². The minimum atomic E-state index is -0.552. The fourth-order valence-corrected chi connectivity index (χ4v) is 3.21. The smallest absolute Gasteiger partial charge is 0.337 e. The molecule has 1 aliphatic rings. The number of hydrogen-bond acceptors (Lipinski definition) is 4. The molecule has 0 bridgehead atoms. The topological polar surface area (TPSA) is 66.9 Å². The minimum absolute atomic E-state index is 0.0352. The number of benzene rings is 2. The number of nitrogens with zero attached hydrogens (tertiary/aromatic N) is 2. The van der Waals surface area contributed by atoms with E-state index in [0.717, 1.165) is 0 Å². The summed E-state index contributed by atoms with van der Waals surface area (Å²) < 4.78 is 18.6. The Hall–Kier alpha value is -3.22. The highest BCUT2D eigenvalue weighted by Crippen LogP contribution is 2.15. The third-order valence-corrected chi connectivity index (χ3v) is 4.71. The highest BCUT2D eigenvalue weighted by Gasteiger charge is 2.25. The van der Waals surface area contributed by atoms with E-state index in [-0.39, 0.29) is 17.4 Å². The molecule has 2 aromatic carbocycles. The van der Waals surface area contributed by atoms with Crippen molar-refractivity contribution in [3.05, 3.63) is 71.0 Å². The van der Waals surface area contributed by atoms with Crippen LogP contribution in [0.5, 0.6) is 0 Å². The van der Waals surface area contributed by atoms with Crippen molar-refractivity contribution in [1.29, 1.82) is 0 Å². The van der Waals surface area contributed by atoms with E-state index in [1.807, 2.05) is 0 Å². The van der Waals surface area contributed by atoms with E-state index in [0.29, 0.717) is 43.7 Å². The Kier molecular flexibility index (Phi) is 6.03. The van der Waals surface area contributed by atoms with Crippen LogP contribution in [0.15, 0.2) is 48.5 Å². The van der Waals surface area contributed by atoms with Crippen molar-refractivity contribution >= 4 is 17.8 Å². The number of esters is 1. The zero-order valence-corrected chi connectivity index (χ0v) is 15.6. The van der Waals surface area contributed by atoms with Crippen LogP contribution in [0.1, 0.15) is 37.5 Å². The van der Waals surface area contributed by atoms with Gasteiger partial charge in [-0.25, -0.2) is 9.18 Å². The van der Waals surface area contributed by atoms with Gasteiger partial charge >= 0.3 is 5.97 Å². The monoisotopic (exact) mass is 384 g/mol. The van der Waals surface area contributed by atoms with Gasteiger partial charge in [0.2, 0.25) is 0 Å². The van der Waals surface area contributed by atoms with E-state index in [4.69, 9.17) is 0 Å². The fraction of sp³-hybridized carbons (Fsp3) is 0.286. The number of methoxy groups -OCH3 is 1. The Bertz CT molecular complexity index is 899. The molecule has 2 aromatic rings. The first-order valence-electron chi connectivity index (χ1n) is 9.02. The summed E-state index contributed by atoms with van der Waals surface area (Å²) in [6.07, 6.45) is 0.586. The first-order chi connectivity index (χ1) is 13.5. The van der Waals surface area contributed by atoms with Crippen molar-refractivity contribution < 1.29 is 23.5 Å². The van der Waals surface area contributed by atoms with E-state index in [1.54, 1.807) is 34.1 Å². The molecule has 0 aliphatic carbocycles. The predicted molar refractivity (Wildman–Crippen MR) is 101 cm³/mol. The number of rotatable bonds is 3. The average Bonchev–Trinajstić information content (AvgIpc) is 2.99. The van der Waals surface area contributed by atoms with Crippen LogP contribution in [0, 0.1) is 5.82 Å². The summed E-state index contributed by atoms with van der Waals surface area (Å²) in [5.74, 6) is -1.65. The van der Waals surface area contributed by atoms with Gasteiger partial charge in [-0.05, 0) is 36.8 Å². The van der Waals surface area contributed by atoms with Crippen molar-refractivity contribution in [3.8, 4) is 0 Å². The molecule has 0 N–H and O–H groups in total. The molecular weight excluding hydrogens is 363 g/mol. The lowest BCUT2D eigenvalue weighted by Gasteiger charge is -2.22. The molecule has 7 heteroatoms. The molecule has 1 saturated heterocycles. The molecule has 1 fully saturated rings. The number of carbonyl (C=O) groups is 3. The van der Waals surface area contributed by atoms with Gasteiger partial charge in [0.15, 0.2) is 0 Å². The van der Waals surface area contributed by atoms with Gasteiger partial charge < -0.3 is 14.5 Å². The third-order valence-electron chi connectivity index (χ3n) is 4.71. The molecule has 0 atom stereocenters. The Balaban J connectivity index is 1.70. The summed E-state index contributed by atoms with van der Waals surface area (Å²) in [6.45, 7) is 1.57. The van der Waals surface area contributed by atoms with Gasteiger partial charge in [0.1, 0.15) is 5.82 Å². The second kappa shape index (κ2) is 8.65. The van der Waals surface area contributed by atoms with Crippen LogP contribution in [0.3, 0.4) is 0 Å². The molecule has 28 heavy (non-hydrogen) atoms. The first kappa shape index (κ1) is 19.5. The molecule has 146 valence electrons. The fourth-order valence-electron chi connectivity index (χ4n) is 3.21. The van der Waals surface area contributed by atoms with Gasteiger partial charge in [0, 0.05) is 31.7 Å². The molecule has 2 amide bonds. The van der Waals surface area contributed by atoms with Crippen LogP contribution < -0.4 is 0 Å². The van der Waals surface area contributed by atoms with Gasteiger partial charge in [0.05, 0.1) is 18.2 Å². The molecular formula is C21H21FN2O4. The SMILES string of the molecule is COC(=O)c1cccc(C(=O)N2CCCN(C(=O)c3ccccc3F)CC2)c1. The standard InChI is InChI=1S/C21H21FN2O4/c1-28-21(27)16-7-4-6-15(14-16)19(25)23-10-5-11-24(13-12-23)20(26)17-8-2-3-9-18(17)22/h2-4,6-9,14H,5,10-13H2,1H3. The van der Waals surface area contributed by atoms with Gasteiger partial charge in [0.25, 0.3) is 11.8 Å². The molecule has 1 aliphatic heterocycles. The van der Waals surface area contributed by atoms with Crippen LogP contribution in [0.2, 0.25) is 0 Å². The van der Waals surface area contributed by atoms with Crippen LogP contribution in [0.25, 0.3) is 0 Å². The lowest BCUT2D eigenvalue weighted by atomic mass is 10.1. The highest BCUT2D eigenvalue weighted by molar-refractivity contribution is 5.98. The Morgan fingerprint density at radius 1 is 0.857 bits per heavy atom. The summed E-state index contributed by atoms with van der Waals surface area (Å²) in [5, 5.41) is 0.